The summed E-state index contributed by atoms with van der Waals surface area (Å²) in [5.41, 5.74) is 6.29. The Morgan fingerprint density at radius 3 is 1.60 bits per heavy atom. The number of amides is 4. The minimum Gasteiger partial charge on any atom is -0.507 e. The lowest BCUT2D eigenvalue weighted by Crippen LogP contribution is -2.45. The van der Waals surface area contributed by atoms with Crippen molar-refractivity contribution in [2.75, 3.05) is 79.6 Å². The van der Waals surface area contributed by atoms with Gasteiger partial charge in [0.05, 0.1) is 20.0 Å². The number of aromatic hydroxyl groups is 1. The van der Waals surface area contributed by atoms with Crippen LogP contribution in [0, 0.1) is 11.8 Å². The second-order valence-electron chi connectivity index (χ2n) is 15.1. The van der Waals surface area contributed by atoms with Crippen molar-refractivity contribution in [2.45, 2.75) is 50.6 Å². The smallest absolute Gasteiger partial charge is 0.339 e. The number of rotatable bonds is 22. The third-order valence-electron chi connectivity index (χ3n) is 8.83. The molecule has 5 unspecified atom stereocenters. The summed E-state index contributed by atoms with van der Waals surface area (Å²) in [5, 5.41) is 85.1. The second-order valence-corrected chi connectivity index (χ2v) is 25.5. The Kier molecular flexibility index (Phi) is 24.6. The van der Waals surface area contributed by atoms with Crippen molar-refractivity contribution in [1.29, 1.82) is 0 Å². The van der Waals surface area contributed by atoms with Crippen LogP contribution < -0.4 is 21.7 Å². The molecule has 0 spiro atoms. The second kappa shape index (κ2) is 26.1. The molecule has 0 aliphatic heterocycles. The van der Waals surface area contributed by atoms with E-state index in [1.807, 2.05) is 6.07 Å². The van der Waals surface area contributed by atoms with E-state index >= 15 is 0 Å². The van der Waals surface area contributed by atoms with Gasteiger partial charge >= 0.3 is 12.0 Å². The van der Waals surface area contributed by atoms with Gasteiger partial charge in [-0.05, 0) is 70.0 Å². The quantitative estimate of drug-likeness (QED) is 0.0259. The lowest BCUT2D eigenvalue weighted by atomic mass is 9.91. The van der Waals surface area contributed by atoms with Crippen LogP contribution in [0.5, 0.6) is 5.75 Å². The van der Waals surface area contributed by atoms with Crippen molar-refractivity contribution < 1.29 is 74.0 Å². The normalized spacial score (nSPS) is 14.3. The molecule has 26 heteroatoms. The van der Waals surface area contributed by atoms with Gasteiger partial charge in [-0.3, -0.25) is 46.0 Å². The number of aromatic amines is 1. The summed E-state index contributed by atoms with van der Waals surface area (Å²) >= 11 is 0. The van der Waals surface area contributed by atoms with Gasteiger partial charge in [0.1, 0.15) is 50.6 Å². The van der Waals surface area contributed by atoms with E-state index in [0.29, 0.717) is 23.3 Å². The first-order valence-electron chi connectivity index (χ1n) is 18.5. The van der Waals surface area contributed by atoms with E-state index in [2.05, 4.69) is 20.9 Å². The number of aliphatic hydroxyl groups excluding tert-OH is 3. The van der Waals surface area contributed by atoms with Crippen LogP contribution in [0.15, 0.2) is 24.4 Å². The van der Waals surface area contributed by atoms with E-state index in [1.165, 1.54) is 40.0 Å². The molecule has 0 aliphatic rings. The highest BCUT2D eigenvalue weighted by Crippen LogP contribution is 2.41. The molecule has 1 heterocycles. The number of primary amides is 1. The molecule has 0 radical (unpaired) electrons. The zero-order valence-corrected chi connectivity index (χ0v) is 37.9. The van der Waals surface area contributed by atoms with Crippen molar-refractivity contribution in [1.82, 2.24) is 36.1 Å². The molecule has 0 bridgehead atoms. The number of carboxylic acids is 1. The van der Waals surface area contributed by atoms with Crippen LogP contribution in [0.4, 0.5) is 4.79 Å². The zero-order chi connectivity index (χ0) is 46.8. The summed E-state index contributed by atoms with van der Waals surface area (Å²) < 4.78 is 34.4. The fourth-order valence-electron chi connectivity index (χ4n) is 4.59. The number of hydrogen-bond acceptors (Lipinski definition) is 17. The summed E-state index contributed by atoms with van der Waals surface area (Å²) in [5.74, 6) is -7.42. The maximum atomic E-state index is 12.0. The Balaban J connectivity index is 0.000000908. The number of carbonyl (C=O) groups excluding carboxylic acids is 3. The van der Waals surface area contributed by atoms with Gasteiger partial charge in [0.2, 0.25) is 5.91 Å². The molecule has 346 valence electrons. The number of hydrogen-bond donors (Lipinski definition) is 13. The molecule has 4 amide bonds. The molecule has 0 fully saturated rings. The van der Waals surface area contributed by atoms with Crippen LogP contribution in [0.3, 0.4) is 0 Å². The lowest BCUT2D eigenvalue weighted by Gasteiger charge is -2.24. The zero-order valence-electron chi connectivity index (χ0n) is 35.3. The Bertz CT molecular complexity index is 1820. The van der Waals surface area contributed by atoms with Gasteiger partial charge in [0.25, 0.3) is 5.91 Å². The van der Waals surface area contributed by atoms with Crippen LogP contribution in [-0.4, -0.2) is 182 Å². The molecule has 0 saturated carbocycles. The number of aliphatic carboxylic acids is 1. The van der Waals surface area contributed by atoms with E-state index in [9.17, 15) is 63.7 Å². The standard InChI is InChI=1S/C16H24N3O5P.C12H25N2O6P.C6H16N3O4P/c1-25(2,24)15(22)9-17-10-19(23)14(21)7-6-11-8-18-12-4-3-5-13(20)16(11)12;1-5-8(2)10(12(17)18)11(16)14(19)7-13-6-9(15)21(3,4)20;1-14(2,13)5(10)3-8-4-9(12)6(7)11/h3-5,8,15,17-18,20,22-23H,6-7,9-10H2,1-2H3;8-10,13,15,19H,5-7H2,1-4H3,(H,17,18);5,8,10,12H,3-4H2,1-2H3,(H2,7,11). The van der Waals surface area contributed by atoms with Gasteiger partial charge in [-0.25, -0.2) is 14.9 Å². The SMILES string of the molecule is CCC(C)C(C(=O)O)C(=O)N(O)CNCC(O)P(C)(C)=O.CP(C)(=O)C(O)CNCN(O)C(=O)CCc1c[nH]c2cccc(O)c12.CP(C)(=O)C(O)CNCN(O)C(N)=O. The monoisotopic (exact) mass is 918 g/mol. The maximum Gasteiger partial charge on any atom is 0.339 e. The summed E-state index contributed by atoms with van der Waals surface area (Å²) in [7, 11) is -7.88. The molecule has 14 N–H and O–H groups in total. The molecule has 5 atom stereocenters. The number of nitrogens with two attached hydrogens (primary N) is 1. The van der Waals surface area contributed by atoms with E-state index in [4.69, 9.17) is 16.0 Å². The van der Waals surface area contributed by atoms with Crippen LogP contribution >= 0.6 is 21.4 Å². The Morgan fingerprint density at radius 2 is 1.20 bits per heavy atom. The number of carbonyl (C=O) groups is 4. The number of aliphatic hydroxyl groups is 3. The number of phenols is 1. The Morgan fingerprint density at radius 1 is 0.767 bits per heavy atom. The number of fused-ring (bicyclic) bond motifs is 1. The number of aryl methyl sites for hydroxylation is 1. The fourth-order valence-corrected chi connectivity index (χ4v) is 6.30. The molecule has 1 aromatic carbocycles. The van der Waals surface area contributed by atoms with E-state index in [0.717, 1.165) is 11.1 Å². The van der Waals surface area contributed by atoms with Crippen molar-refractivity contribution in [2.24, 2.45) is 17.6 Å². The Labute approximate surface area is 349 Å². The molecule has 23 nitrogen and oxygen atoms in total. The van der Waals surface area contributed by atoms with Crippen molar-refractivity contribution in [3.8, 4) is 5.75 Å². The molecular formula is C34H65N8O15P3. The highest BCUT2D eigenvalue weighted by molar-refractivity contribution is 7.63. The van der Waals surface area contributed by atoms with Crippen molar-refractivity contribution in [3.05, 3.63) is 30.0 Å². The van der Waals surface area contributed by atoms with Crippen LogP contribution in [0.25, 0.3) is 10.9 Å². The number of aromatic nitrogens is 1. The topological polar surface area (TPSA) is 369 Å². The van der Waals surface area contributed by atoms with E-state index < -0.39 is 74.6 Å². The third kappa shape index (κ3) is 20.9. The van der Waals surface area contributed by atoms with Crippen LogP contribution in [-0.2, 0) is 34.5 Å². The average molecular weight is 919 g/mol. The fraction of sp³-hybridized carbons (Fsp3) is 0.647. The highest BCUT2D eigenvalue weighted by atomic mass is 31.2. The molecule has 2 aromatic rings. The summed E-state index contributed by atoms with van der Waals surface area (Å²) in [4.78, 5) is 48.3. The number of H-pyrrole nitrogens is 1. The summed E-state index contributed by atoms with van der Waals surface area (Å²) in [6, 6.07) is 4.14. The molecule has 60 heavy (non-hydrogen) atoms. The van der Waals surface area contributed by atoms with Gasteiger partial charge in [0.15, 0.2) is 0 Å². The minimum atomic E-state index is -2.68. The van der Waals surface area contributed by atoms with E-state index in [1.54, 1.807) is 32.2 Å². The highest BCUT2D eigenvalue weighted by Gasteiger charge is 2.34. The predicted octanol–water partition coefficient (Wildman–Crippen LogP) is 1.20. The van der Waals surface area contributed by atoms with Crippen molar-refractivity contribution in [3.63, 3.8) is 0 Å². The maximum absolute atomic E-state index is 12.0. The molecule has 2 rings (SSSR count). The first kappa shape index (κ1) is 56.6. The van der Waals surface area contributed by atoms with Crippen LogP contribution in [0.1, 0.15) is 32.3 Å². The number of phenolic OH excluding ortho intramolecular Hbond substituents is 1. The number of nitrogens with one attached hydrogen (secondary N) is 4. The van der Waals surface area contributed by atoms with Crippen molar-refractivity contribution >= 4 is 56.1 Å². The third-order valence-corrected chi connectivity index (χ3v) is 13.7. The first-order chi connectivity index (χ1) is 27.5. The number of nitrogens with zero attached hydrogens (tertiary/aromatic N) is 3. The van der Waals surface area contributed by atoms with Gasteiger partial charge in [-0.2, -0.15) is 5.06 Å². The summed E-state index contributed by atoms with van der Waals surface area (Å²) in [6.07, 6.45) is 2.63. The average Bonchev–Trinajstić information content (AvgIpc) is 3.56. The van der Waals surface area contributed by atoms with Crippen LogP contribution in [0.2, 0.25) is 0 Å². The number of benzene rings is 1. The molecule has 0 aliphatic carbocycles. The minimum absolute atomic E-state index is 0.0188. The predicted molar refractivity (Wildman–Crippen MR) is 224 cm³/mol. The summed E-state index contributed by atoms with van der Waals surface area (Å²) in [6.45, 7) is 11.3. The van der Waals surface area contributed by atoms with Gasteiger partial charge in [0, 0.05) is 43.2 Å². The number of carboxylic acid groups (broad SMARTS) is 1. The molecule has 1 aromatic heterocycles. The number of urea groups is 1. The Hall–Kier alpha value is -3.43. The first-order valence-corrected chi connectivity index (χ1v) is 26.5. The largest absolute Gasteiger partial charge is 0.507 e. The molecular weight excluding hydrogens is 853 g/mol. The van der Waals surface area contributed by atoms with Gasteiger partial charge < -0.3 is 49.9 Å². The van der Waals surface area contributed by atoms with Gasteiger partial charge in [-0.1, -0.05) is 26.3 Å². The molecule has 0 saturated heterocycles. The van der Waals surface area contributed by atoms with E-state index in [-0.39, 0.29) is 61.9 Å². The lowest BCUT2D eigenvalue weighted by molar-refractivity contribution is -0.178. The number of hydroxylamine groups is 6. The van der Waals surface area contributed by atoms with Gasteiger partial charge in [-0.15, -0.1) is 0 Å².